The number of nitrogens with zero attached hydrogens (tertiary/aromatic N) is 1. The first-order valence-corrected chi connectivity index (χ1v) is 3.62. The molecule has 0 bridgehead atoms. The third kappa shape index (κ3) is 4.13. The summed E-state index contributed by atoms with van der Waals surface area (Å²) in [6, 6.07) is 0.265. The van der Waals surface area contributed by atoms with Crippen LogP contribution in [0, 0.1) is 0 Å². The summed E-state index contributed by atoms with van der Waals surface area (Å²) in [5.74, 6) is 0. The van der Waals surface area contributed by atoms with E-state index in [9.17, 15) is 0 Å². The van der Waals surface area contributed by atoms with E-state index >= 15 is 0 Å². The largest absolute Gasteiger partial charge is 0.304 e. The van der Waals surface area contributed by atoms with E-state index in [-0.39, 0.29) is 6.04 Å². The SMILES string of the molecule is C=CC(C)NN=C(C)CC. The van der Waals surface area contributed by atoms with Gasteiger partial charge in [0.25, 0.3) is 0 Å². The Hall–Kier alpha value is -0.790. The molecule has 0 aromatic rings. The fraction of sp³-hybridized carbons (Fsp3) is 0.625. The third-order valence-corrected chi connectivity index (χ3v) is 1.32. The summed E-state index contributed by atoms with van der Waals surface area (Å²) in [6.07, 6.45) is 2.82. The summed E-state index contributed by atoms with van der Waals surface area (Å²) < 4.78 is 0. The van der Waals surface area contributed by atoms with Crippen LogP contribution in [-0.2, 0) is 0 Å². The van der Waals surface area contributed by atoms with Crippen molar-refractivity contribution < 1.29 is 0 Å². The molecule has 0 spiro atoms. The van der Waals surface area contributed by atoms with Crippen LogP contribution in [0.2, 0.25) is 0 Å². The third-order valence-electron chi connectivity index (χ3n) is 1.32. The molecule has 58 valence electrons. The zero-order chi connectivity index (χ0) is 7.98. The van der Waals surface area contributed by atoms with Gasteiger partial charge in [-0.25, -0.2) is 0 Å². The molecule has 1 unspecified atom stereocenters. The van der Waals surface area contributed by atoms with Gasteiger partial charge in [-0.2, -0.15) is 5.10 Å². The summed E-state index contributed by atoms with van der Waals surface area (Å²) in [6.45, 7) is 9.73. The highest BCUT2D eigenvalue weighted by molar-refractivity contribution is 5.81. The lowest BCUT2D eigenvalue weighted by Crippen LogP contribution is -2.18. The van der Waals surface area contributed by atoms with E-state index in [1.165, 1.54) is 0 Å². The zero-order valence-corrected chi connectivity index (χ0v) is 7.02. The number of hydrazone groups is 1. The van der Waals surface area contributed by atoms with Crippen molar-refractivity contribution in [3.05, 3.63) is 12.7 Å². The lowest BCUT2D eigenvalue weighted by molar-refractivity contribution is 0.670. The Bertz CT molecular complexity index is 127. The van der Waals surface area contributed by atoms with Gasteiger partial charge in [0.1, 0.15) is 0 Å². The Balaban J connectivity index is 3.60. The second kappa shape index (κ2) is 5.03. The van der Waals surface area contributed by atoms with Crippen LogP contribution in [0.5, 0.6) is 0 Å². The summed E-state index contributed by atoms with van der Waals surface area (Å²) >= 11 is 0. The van der Waals surface area contributed by atoms with Crippen LogP contribution in [0.1, 0.15) is 27.2 Å². The fourth-order valence-electron chi connectivity index (χ4n) is 0.344. The number of hydrogen-bond acceptors (Lipinski definition) is 2. The first-order valence-electron chi connectivity index (χ1n) is 3.62. The van der Waals surface area contributed by atoms with Gasteiger partial charge in [0.05, 0.1) is 6.04 Å². The quantitative estimate of drug-likeness (QED) is 0.360. The number of rotatable bonds is 4. The predicted octanol–water partition coefficient (Wildman–Crippen LogP) is 1.94. The molecular formula is C8H16N2. The smallest absolute Gasteiger partial charge is 0.0589 e. The maximum Gasteiger partial charge on any atom is 0.0589 e. The van der Waals surface area contributed by atoms with E-state index in [2.05, 4.69) is 24.0 Å². The maximum absolute atomic E-state index is 4.11. The van der Waals surface area contributed by atoms with Gasteiger partial charge >= 0.3 is 0 Å². The first kappa shape index (κ1) is 9.21. The Labute approximate surface area is 63.0 Å². The van der Waals surface area contributed by atoms with Gasteiger partial charge in [-0.1, -0.05) is 13.0 Å². The van der Waals surface area contributed by atoms with Crippen LogP contribution >= 0.6 is 0 Å². The van der Waals surface area contributed by atoms with Crippen LogP contribution in [0.3, 0.4) is 0 Å². The Morgan fingerprint density at radius 3 is 2.80 bits per heavy atom. The maximum atomic E-state index is 4.11. The standard InChI is InChI=1S/C8H16N2/c1-5-7(3)9-10-8(4)6-2/h5,7,9H,1,6H2,2-4H3. The van der Waals surface area contributed by atoms with E-state index in [0.717, 1.165) is 12.1 Å². The van der Waals surface area contributed by atoms with E-state index in [1.54, 1.807) is 0 Å². The molecule has 0 saturated carbocycles. The van der Waals surface area contributed by atoms with Crippen molar-refractivity contribution in [3.8, 4) is 0 Å². The van der Waals surface area contributed by atoms with E-state index in [0.29, 0.717) is 0 Å². The van der Waals surface area contributed by atoms with Crippen molar-refractivity contribution in [2.24, 2.45) is 5.10 Å². The average Bonchev–Trinajstić information content (AvgIpc) is 1.99. The molecule has 0 aliphatic heterocycles. The highest BCUT2D eigenvalue weighted by Gasteiger charge is 1.89. The van der Waals surface area contributed by atoms with Crippen molar-refractivity contribution in [3.63, 3.8) is 0 Å². The molecule has 0 saturated heterocycles. The Morgan fingerprint density at radius 1 is 1.80 bits per heavy atom. The summed E-state index contributed by atoms with van der Waals surface area (Å²) in [5, 5.41) is 4.11. The molecule has 0 radical (unpaired) electrons. The highest BCUT2D eigenvalue weighted by atomic mass is 15.3. The molecule has 0 aromatic carbocycles. The molecule has 1 atom stereocenters. The van der Waals surface area contributed by atoms with Gasteiger partial charge in [0.15, 0.2) is 0 Å². The second-order valence-electron chi connectivity index (χ2n) is 2.35. The lowest BCUT2D eigenvalue weighted by atomic mass is 10.3. The molecular weight excluding hydrogens is 124 g/mol. The van der Waals surface area contributed by atoms with Crippen LogP contribution in [0.4, 0.5) is 0 Å². The van der Waals surface area contributed by atoms with Crippen LogP contribution in [-0.4, -0.2) is 11.8 Å². The van der Waals surface area contributed by atoms with Crippen LogP contribution in [0.25, 0.3) is 0 Å². The minimum absolute atomic E-state index is 0.265. The van der Waals surface area contributed by atoms with Gasteiger partial charge in [-0.05, 0) is 20.3 Å². The number of nitrogens with one attached hydrogen (secondary N) is 1. The Kier molecular flexibility index (Phi) is 4.63. The normalized spacial score (nSPS) is 14.5. The molecule has 0 aliphatic rings. The summed E-state index contributed by atoms with van der Waals surface area (Å²) in [7, 11) is 0. The molecule has 0 amide bonds. The second-order valence-corrected chi connectivity index (χ2v) is 2.35. The minimum Gasteiger partial charge on any atom is -0.304 e. The van der Waals surface area contributed by atoms with Gasteiger partial charge in [-0.15, -0.1) is 6.58 Å². The van der Waals surface area contributed by atoms with Crippen molar-refractivity contribution in [1.82, 2.24) is 5.43 Å². The fourth-order valence-corrected chi connectivity index (χ4v) is 0.344. The average molecular weight is 140 g/mol. The number of hydrogen-bond donors (Lipinski definition) is 1. The molecule has 1 N–H and O–H groups in total. The van der Waals surface area contributed by atoms with Crippen molar-refractivity contribution in [1.29, 1.82) is 0 Å². The van der Waals surface area contributed by atoms with E-state index in [1.807, 2.05) is 19.9 Å². The molecule has 2 nitrogen and oxygen atoms in total. The predicted molar refractivity (Wildman–Crippen MR) is 46.2 cm³/mol. The van der Waals surface area contributed by atoms with Gasteiger partial charge in [0.2, 0.25) is 0 Å². The highest BCUT2D eigenvalue weighted by Crippen LogP contribution is 1.84. The lowest BCUT2D eigenvalue weighted by Gasteiger charge is -2.04. The van der Waals surface area contributed by atoms with Gasteiger partial charge < -0.3 is 5.43 Å². The molecule has 0 aromatic heterocycles. The van der Waals surface area contributed by atoms with E-state index < -0.39 is 0 Å². The van der Waals surface area contributed by atoms with E-state index in [4.69, 9.17) is 0 Å². The summed E-state index contributed by atoms with van der Waals surface area (Å²) in [4.78, 5) is 0. The summed E-state index contributed by atoms with van der Waals surface area (Å²) in [5.41, 5.74) is 4.07. The Morgan fingerprint density at radius 2 is 2.40 bits per heavy atom. The van der Waals surface area contributed by atoms with Crippen LogP contribution < -0.4 is 5.43 Å². The monoisotopic (exact) mass is 140 g/mol. The molecule has 0 aliphatic carbocycles. The first-order chi connectivity index (χ1) is 4.70. The molecule has 0 rings (SSSR count). The molecule has 0 fully saturated rings. The van der Waals surface area contributed by atoms with Gasteiger partial charge in [-0.3, -0.25) is 0 Å². The van der Waals surface area contributed by atoms with Crippen molar-refractivity contribution in [2.45, 2.75) is 33.2 Å². The topological polar surface area (TPSA) is 24.4 Å². The molecule has 10 heavy (non-hydrogen) atoms. The van der Waals surface area contributed by atoms with Gasteiger partial charge in [0, 0.05) is 5.71 Å². The molecule has 2 heteroatoms. The zero-order valence-electron chi connectivity index (χ0n) is 7.02. The minimum atomic E-state index is 0.265. The van der Waals surface area contributed by atoms with Crippen LogP contribution in [0.15, 0.2) is 17.8 Å². The molecule has 0 heterocycles. The van der Waals surface area contributed by atoms with Crippen molar-refractivity contribution >= 4 is 5.71 Å². The van der Waals surface area contributed by atoms with Crippen molar-refractivity contribution in [2.75, 3.05) is 0 Å².